The molecule has 0 aliphatic heterocycles. The van der Waals surface area contributed by atoms with Gasteiger partial charge in [0.05, 0.1) is 11.3 Å². The van der Waals surface area contributed by atoms with Crippen LogP contribution in [0.4, 0.5) is 9.52 Å². The van der Waals surface area contributed by atoms with Gasteiger partial charge in [0.1, 0.15) is 16.9 Å². The van der Waals surface area contributed by atoms with Crippen LogP contribution in [0.1, 0.15) is 36.6 Å². The van der Waals surface area contributed by atoms with Gasteiger partial charge in [-0.25, -0.2) is 14.4 Å². The zero-order chi connectivity index (χ0) is 21.8. The second-order valence-corrected chi connectivity index (χ2v) is 9.54. The molecule has 0 saturated heterocycles. The minimum Gasteiger partial charge on any atom is -0.302 e. The Hall–Kier alpha value is -2.76. The molecule has 0 radical (unpaired) electrons. The fourth-order valence-electron chi connectivity index (χ4n) is 3.52. The smallest absolute Gasteiger partial charge is 0.226 e. The highest BCUT2D eigenvalue weighted by molar-refractivity contribution is 7.99. The zero-order valence-corrected chi connectivity index (χ0v) is 18.7. The molecule has 1 amide bonds. The maximum absolute atomic E-state index is 13.1. The molecule has 31 heavy (non-hydrogen) atoms. The van der Waals surface area contributed by atoms with E-state index < -0.39 is 0 Å². The number of aromatic nitrogens is 2. The first-order valence-electron chi connectivity index (χ1n) is 10.1. The molecule has 1 aromatic carbocycles. The second-order valence-electron chi connectivity index (χ2n) is 7.60. The Balaban J connectivity index is 1.33. The van der Waals surface area contributed by atoms with Crippen LogP contribution in [0.3, 0.4) is 0 Å². The molecule has 5 nitrogen and oxygen atoms in total. The number of hydrogen-bond acceptors (Lipinski definition) is 6. The summed E-state index contributed by atoms with van der Waals surface area (Å²) < 4.78 is 13.1. The van der Waals surface area contributed by atoms with Crippen LogP contribution in [-0.2, 0) is 17.6 Å². The minimum absolute atomic E-state index is 0.141. The monoisotopic (exact) mass is 452 g/mol. The van der Waals surface area contributed by atoms with Gasteiger partial charge in [0.25, 0.3) is 0 Å². The van der Waals surface area contributed by atoms with Crippen molar-refractivity contribution in [2.75, 3.05) is 11.1 Å². The van der Waals surface area contributed by atoms with Crippen molar-refractivity contribution in [1.82, 2.24) is 9.97 Å². The van der Waals surface area contributed by atoms with Crippen molar-refractivity contribution in [3.63, 3.8) is 0 Å². The number of carbonyl (C=O) groups excluding carboxylic acids is 1. The summed E-state index contributed by atoms with van der Waals surface area (Å²) in [7, 11) is 0. The van der Waals surface area contributed by atoms with Crippen LogP contribution in [-0.4, -0.2) is 21.6 Å². The number of carbonyl (C=O) groups is 1. The van der Waals surface area contributed by atoms with Gasteiger partial charge in [-0.2, -0.15) is 5.26 Å². The van der Waals surface area contributed by atoms with Gasteiger partial charge in [0.15, 0.2) is 5.13 Å². The number of aryl methyl sites for hydroxylation is 1. The minimum atomic E-state index is -0.299. The first-order valence-corrected chi connectivity index (χ1v) is 12.0. The Kier molecular flexibility index (Phi) is 6.64. The topological polar surface area (TPSA) is 78.7 Å². The van der Waals surface area contributed by atoms with Gasteiger partial charge in [-0.1, -0.05) is 6.92 Å². The van der Waals surface area contributed by atoms with E-state index in [-0.39, 0.29) is 18.1 Å². The molecule has 1 aliphatic rings. The van der Waals surface area contributed by atoms with E-state index in [0.29, 0.717) is 33.1 Å². The van der Waals surface area contributed by atoms with Crippen molar-refractivity contribution in [1.29, 1.82) is 5.26 Å². The Labute approximate surface area is 188 Å². The highest BCUT2D eigenvalue weighted by atomic mass is 32.2. The summed E-state index contributed by atoms with van der Waals surface area (Å²) in [5.74, 6) is 0.710. The predicted molar refractivity (Wildman–Crippen MR) is 122 cm³/mol. The number of benzene rings is 1. The molecule has 0 bridgehead atoms. The number of anilines is 1. The van der Waals surface area contributed by atoms with Gasteiger partial charge in [-0.05, 0) is 61.1 Å². The number of amides is 1. The molecule has 0 fully saturated rings. The van der Waals surface area contributed by atoms with Crippen LogP contribution < -0.4 is 5.32 Å². The number of thiazole rings is 1. The lowest BCUT2D eigenvalue weighted by Crippen LogP contribution is -2.14. The molecule has 1 atom stereocenters. The molecule has 1 N–H and O–H groups in total. The van der Waals surface area contributed by atoms with Crippen molar-refractivity contribution in [3.05, 3.63) is 58.3 Å². The van der Waals surface area contributed by atoms with Gasteiger partial charge in [0.2, 0.25) is 5.91 Å². The molecule has 158 valence electrons. The summed E-state index contributed by atoms with van der Waals surface area (Å²) in [6.07, 6.45) is 3.32. The standard InChI is InChI=1S/C23H21FN4OS2/c1-14-2-7-19-16(10-14)11-17(12-25)22(26-19)30-9-8-21(29)28-23-27-20(13-31-23)15-3-5-18(24)6-4-15/h3-6,11,13-14H,2,7-10H2,1H3,(H,27,28,29). The number of rotatable bonds is 6. The van der Waals surface area contributed by atoms with Crippen molar-refractivity contribution in [2.45, 2.75) is 37.6 Å². The molecule has 1 aliphatic carbocycles. The van der Waals surface area contributed by atoms with E-state index in [1.54, 1.807) is 12.1 Å². The summed E-state index contributed by atoms with van der Waals surface area (Å²) in [5, 5.41) is 15.3. The van der Waals surface area contributed by atoms with E-state index in [1.165, 1.54) is 40.8 Å². The third-order valence-electron chi connectivity index (χ3n) is 5.18. The van der Waals surface area contributed by atoms with Gasteiger partial charge in [-0.3, -0.25) is 4.79 Å². The summed E-state index contributed by atoms with van der Waals surface area (Å²) in [5.41, 5.74) is 4.34. The van der Waals surface area contributed by atoms with E-state index in [0.717, 1.165) is 30.5 Å². The highest BCUT2D eigenvalue weighted by Gasteiger charge is 2.19. The zero-order valence-electron chi connectivity index (χ0n) is 17.0. The largest absolute Gasteiger partial charge is 0.302 e. The maximum Gasteiger partial charge on any atom is 0.226 e. The molecule has 2 heterocycles. The number of nitrogens with one attached hydrogen (secondary N) is 1. The number of thioether (sulfide) groups is 1. The highest BCUT2D eigenvalue weighted by Crippen LogP contribution is 2.30. The number of nitrogens with zero attached hydrogens (tertiary/aromatic N) is 3. The predicted octanol–water partition coefficient (Wildman–Crippen LogP) is 5.46. The first kappa shape index (κ1) is 21.5. The van der Waals surface area contributed by atoms with Crippen molar-refractivity contribution in [3.8, 4) is 17.3 Å². The quantitative estimate of drug-likeness (QED) is 0.502. The first-order chi connectivity index (χ1) is 15.0. The van der Waals surface area contributed by atoms with E-state index >= 15 is 0 Å². The molecule has 3 aromatic rings. The number of pyridine rings is 1. The van der Waals surface area contributed by atoms with E-state index in [1.807, 2.05) is 11.4 Å². The molecule has 0 spiro atoms. The molecule has 8 heteroatoms. The molecule has 1 unspecified atom stereocenters. The fourth-order valence-corrected chi connectivity index (χ4v) is 5.18. The van der Waals surface area contributed by atoms with Crippen LogP contribution in [0.25, 0.3) is 11.3 Å². The third-order valence-corrected chi connectivity index (χ3v) is 6.93. The number of fused-ring (bicyclic) bond motifs is 1. The summed E-state index contributed by atoms with van der Waals surface area (Å²) in [6, 6.07) is 10.3. The van der Waals surface area contributed by atoms with Crippen molar-refractivity contribution >= 4 is 34.1 Å². The van der Waals surface area contributed by atoms with Crippen molar-refractivity contribution in [2.24, 2.45) is 5.92 Å². The Morgan fingerprint density at radius 1 is 1.35 bits per heavy atom. The number of halogens is 1. The lowest BCUT2D eigenvalue weighted by molar-refractivity contribution is -0.115. The van der Waals surface area contributed by atoms with E-state index in [4.69, 9.17) is 4.98 Å². The number of hydrogen-bond donors (Lipinski definition) is 1. The summed E-state index contributed by atoms with van der Waals surface area (Å²) >= 11 is 2.77. The maximum atomic E-state index is 13.1. The third kappa shape index (κ3) is 5.30. The molecule has 0 saturated carbocycles. The molecule has 4 rings (SSSR count). The Morgan fingerprint density at radius 3 is 2.94 bits per heavy atom. The average molecular weight is 453 g/mol. The Bertz CT molecular complexity index is 1140. The molecular formula is C23H21FN4OS2. The Morgan fingerprint density at radius 2 is 2.16 bits per heavy atom. The van der Waals surface area contributed by atoms with Crippen LogP contribution >= 0.6 is 23.1 Å². The molecular weight excluding hydrogens is 431 g/mol. The van der Waals surface area contributed by atoms with Gasteiger partial charge >= 0.3 is 0 Å². The number of nitriles is 1. The second kappa shape index (κ2) is 9.58. The van der Waals surface area contributed by atoms with Gasteiger partial charge in [0, 0.05) is 28.8 Å². The van der Waals surface area contributed by atoms with Gasteiger partial charge in [-0.15, -0.1) is 23.1 Å². The van der Waals surface area contributed by atoms with E-state index in [9.17, 15) is 14.4 Å². The normalized spacial score (nSPS) is 15.2. The summed E-state index contributed by atoms with van der Waals surface area (Å²) in [4.78, 5) is 21.4. The van der Waals surface area contributed by atoms with Crippen LogP contribution in [0.5, 0.6) is 0 Å². The fraction of sp³-hybridized carbons (Fsp3) is 0.304. The van der Waals surface area contributed by atoms with Crippen LogP contribution in [0, 0.1) is 23.1 Å². The van der Waals surface area contributed by atoms with Crippen molar-refractivity contribution < 1.29 is 9.18 Å². The van der Waals surface area contributed by atoms with Crippen LogP contribution in [0.15, 0.2) is 40.7 Å². The SMILES string of the molecule is CC1CCc2nc(SCCC(=O)Nc3nc(-c4ccc(F)cc4)cs3)c(C#N)cc2C1. The lowest BCUT2D eigenvalue weighted by atomic mass is 9.87. The molecule has 2 aromatic heterocycles. The summed E-state index contributed by atoms with van der Waals surface area (Å²) in [6.45, 7) is 2.22. The van der Waals surface area contributed by atoms with Crippen LogP contribution in [0.2, 0.25) is 0 Å². The van der Waals surface area contributed by atoms with E-state index in [2.05, 4.69) is 23.3 Å². The lowest BCUT2D eigenvalue weighted by Gasteiger charge is -2.21. The van der Waals surface area contributed by atoms with Gasteiger partial charge < -0.3 is 5.32 Å². The average Bonchev–Trinajstić information content (AvgIpc) is 3.22.